The maximum Gasteiger partial charge on any atom is 0.342 e. The highest BCUT2D eigenvalue weighted by atomic mass is 32.1. The first-order valence-corrected chi connectivity index (χ1v) is 9.98. The molecule has 150 valence electrons. The van der Waals surface area contributed by atoms with Crippen LogP contribution < -0.4 is 0 Å². The quantitative estimate of drug-likeness (QED) is 0.568. The molecule has 0 aliphatic rings. The van der Waals surface area contributed by atoms with E-state index in [9.17, 15) is 14.7 Å². The van der Waals surface area contributed by atoms with Crippen molar-refractivity contribution in [3.05, 3.63) is 76.2 Å². The predicted molar refractivity (Wildman–Crippen MR) is 110 cm³/mol. The minimum atomic E-state index is -1.56. The standard InChI is InChI=1S/C22H21NO5S/c1-14(2)28-22(21(26)27,19-12-29-13-23-19)11-15-3-5-16(6-4-15)17-7-9-18(10-8-17)20(24)25/h3-10,12-14H,11H2,1-2H3,(H,24,25)(H,26,27). The Bertz CT molecular complexity index is 981. The summed E-state index contributed by atoms with van der Waals surface area (Å²) in [6.07, 6.45) is -0.150. The molecule has 0 aliphatic carbocycles. The number of rotatable bonds is 8. The van der Waals surface area contributed by atoms with Gasteiger partial charge >= 0.3 is 11.9 Å². The largest absolute Gasteiger partial charge is 0.479 e. The van der Waals surface area contributed by atoms with Gasteiger partial charge in [-0.15, -0.1) is 11.3 Å². The molecule has 0 fully saturated rings. The molecule has 1 heterocycles. The number of hydrogen-bond donors (Lipinski definition) is 2. The molecular weight excluding hydrogens is 390 g/mol. The van der Waals surface area contributed by atoms with Gasteiger partial charge in [0.2, 0.25) is 5.60 Å². The van der Waals surface area contributed by atoms with Crippen LogP contribution in [0.15, 0.2) is 59.4 Å². The molecule has 0 bridgehead atoms. The summed E-state index contributed by atoms with van der Waals surface area (Å²) < 4.78 is 5.89. The molecule has 3 aromatic rings. The first-order chi connectivity index (χ1) is 13.8. The minimum Gasteiger partial charge on any atom is -0.479 e. The van der Waals surface area contributed by atoms with E-state index in [1.165, 1.54) is 11.3 Å². The fourth-order valence-electron chi connectivity index (χ4n) is 3.15. The summed E-state index contributed by atoms with van der Waals surface area (Å²) in [5.74, 6) is -2.05. The van der Waals surface area contributed by atoms with Crippen LogP contribution in [0.5, 0.6) is 0 Å². The van der Waals surface area contributed by atoms with Gasteiger partial charge in [-0.05, 0) is 42.7 Å². The molecule has 0 radical (unpaired) electrons. The van der Waals surface area contributed by atoms with Gasteiger partial charge in [0.05, 0.1) is 22.9 Å². The zero-order valence-corrected chi connectivity index (χ0v) is 16.8. The summed E-state index contributed by atoms with van der Waals surface area (Å²) in [5, 5.41) is 20.7. The molecule has 0 amide bonds. The number of carboxylic acids is 2. The van der Waals surface area contributed by atoms with Gasteiger partial charge in [-0.25, -0.2) is 14.6 Å². The van der Waals surface area contributed by atoms with Gasteiger partial charge in [0.15, 0.2) is 0 Å². The molecule has 2 N–H and O–H groups in total. The van der Waals surface area contributed by atoms with Crippen LogP contribution in [-0.4, -0.2) is 33.2 Å². The van der Waals surface area contributed by atoms with E-state index in [2.05, 4.69) is 4.98 Å². The van der Waals surface area contributed by atoms with Gasteiger partial charge in [0, 0.05) is 11.8 Å². The highest BCUT2D eigenvalue weighted by Crippen LogP contribution is 2.33. The zero-order valence-electron chi connectivity index (χ0n) is 16.0. The van der Waals surface area contributed by atoms with Crippen LogP contribution in [0.25, 0.3) is 11.1 Å². The normalized spacial score (nSPS) is 13.2. The summed E-state index contributed by atoms with van der Waals surface area (Å²) >= 11 is 1.33. The zero-order chi connectivity index (χ0) is 21.0. The van der Waals surface area contributed by atoms with Crippen LogP contribution in [0.4, 0.5) is 0 Å². The highest BCUT2D eigenvalue weighted by molar-refractivity contribution is 7.07. The lowest BCUT2D eigenvalue weighted by atomic mass is 9.90. The van der Waals surface area contributed by atoms with E-state index in [-0.39, 0.29) is 18.1 Å². The Hall–Kier alpha value is -3.03. The lowest BCUT2D eigenvalue weighted by Gasteiger charge is -2.30. The van der Waals surface area contributed by atoms with E-state index in [1.807, 2.05) is 24.3 Å². The van der Waals surface area contributed by atoms with Crippen molar-refractivity contribution < 1.29 is 24.5 Å². The smallest absolute Gasteiger partial charge is 0.342 e. The number of thiazole rings is 1. The fourth-order valence-corrected chi connectivity index (χ4v) is 3.77. The number of aliphatic carboxylic acids is 1. The van der Waals surface area contributed by atoms with E-state index >= 15 is 0 Å². The van der Waals surface area contributed by atoms with Crippen LogP contribution in [0, 0.1) is 0 Å². The molecule has 6 nitrogen and oxygen atoms in total. The van der Waals surface area contributed by atoms with Crippen molar-refractivity contribution in [3.63, 3.8) is 0 Å². The molecule has 0 spiro atoms. The van der Waals surface area contributed by atoms with Crippen LogP contribution in [-0.2, 0) is 21.6 Å². The Labute approximate surface area is 172 Å². The van der Waals surface area contributed by atoms with Crippen molar-refractivity contribution in [2.75, 3.05) is 0 Å². The van der Waals surface area contributed by atoms with E-state index in [0.29, 0.717) is 5.69 Å². The van der Waals surface area contributed by atoms with Crippen LogP contribution >= 0.6 is 11.3 Å². The average Bonchev–Trinajstić information content (AvgIpc) is 3.23. The third kappa shape index (κ3) is 4.52. The first-order valence-electron chi connectivity index (χ1n) is 9.04. The molecule has 1 aromatic heterocycles. The number of nitrogens with zero attached hydrogens (tertiary/aromatic N) is 1. The minimum absolute atomic E-state index is 0.141. The molecule has 1 atom stereocenters. The van der Waals surface area contributed by atoms with Gasteiger partial charge in [0.1, 0.15) is 0 Å². The van der Waals surface area contributed by atoms with E-state index < -0.39 is 17.5 Å². The molecule has 7 heteroatoms. The van der Waals surface area contributed by atoms with Crippen molar-refractivity contribution in [3.8, 4) is 11.1 Å². The van der Waals surface area contributed by atoms with Crippen molar-refractivity contribution in [1.29, 1.82) is 0 Å². The summed E-state index contributed by atoms with van der Waals surface area (Å²) in [7, 11) is 0. The molecule has 3 rings (SSSR count). The van der Waals surface area contributed by atoms with Crippen molar-refractivity contribution in [2.45, 2.75) is 32.0 Å². The summed E-state index contributed by atoms with van der Waals surface area (Å²) in [5.41, 5.74) is 3.24. The highest BCUT2D eigenvalue weighted by Gasteiger charge is 2.44. The van der Waals surface area contributed by atoms with Crippen LogP contribution in [0.1, 0.15) is 35.5 Å². The Balaban J connectivity index is 1.89. The first kappa shape index (κ1) is 20.7. The number of aromatic carboxylic acids is 1. The van der Waals surface area contributed by atoms with Crippen molar-refractivity contribution in [1.82, 2.24) is 4.98 Å². The summed E-state index contributed by atoms with van der Waals surface area (Å²) in [6.45, 7) is 3.60. The Kier molecular flexibility index (Phi) is 6.10. The number of benzene rings is 2. The van der Waals surface area contributed by atoms with Gasteiger partial charge in [-0.1, -0.05) is 36.4 Å². The third-order valence-electron chi connectivity index (χ3n) is 4.50. The third-order valence-corrected chi connectivity index (χ3v) is 5.09. The second-order valence-corrected chi connectivity index (χ2v) is 7.65. The Morgan fingerprint density at radius 1 is 1.03 bits per heavy atom. The lowest BCUT2D eigenvalue weighted by Crippen LogP contribution is -2.43. The SMILES string of the molecule is CC(C)OC(Cc1ccc(-c2ccc(C(=O)O)cc2)cc1)(C(=O)O)c1cscn1. The second kappa shape index (κ2) is 8.55. The van der Waals surface area contributed by atoms with Crippen LogP contribution in [0.2, 0.25) is 0 Å². The second-order valence-electron chi connectivity index (χ2n) is 6.93. The number of carbonyl (C=O) groups is 2. The predicted octanol–water partition coefficient (Wildman–Crippen LogP) is 4.46. The maximum absolute atomic E-state index is 12.2. The number of ether oxygens (including phenoxy) is 1. The van der Waals surface area contributed by atoms with Gasteiger partial charge in [-0.2, -0.15) is 0 Å². The van der Waals surface area contributed by atoms with Crippen LogP contribution in [0.3, 0.4) is 0 Å². The molecule has 0 aliphatic heterocycles. The summed E-state index contributed by atoms with van der Waals surface area (Å²) in [4.78, 5) is 27.4. The molecule has 1 unspecified atom stereocenters. The lowest BCUT2D eigenvalue weighted by molar-refractivity contribution is -0.174. The van der Waals surface area contributed by atoms with Crippen molar-refractivity contribution in [2.24, 2.45) is 0 Å². The fraction of sp³-hybridized carbons (Fsp3) is 0.227. The van der Waals surface area contributed by atoms with E-state index in [0.717, 1.165) is 16.7 Å². The Morgan fingerprint density at radius 2 is 1.62 bits per heavy atom. The van der Waals surface area contributed by atoms with E-state index in [4.69, 9.17) is 9.84 Å². The number of aromatic nitrogens is 1. The molecule has 0 saturated heterocycles. The number of carboxylic acid groups (broad SMARTS) is 2. The number of hydrogen-bond acceptors (Lipinski definition) is 5. The topological polar surface area (TPSA) is 96.7 Å². The Morgan fingerprint density at radius 3 is 2.07 bits per heavy atom. The average molecular weight is 411 g/mol. The summed E-state index contributed by atoms with van der Waals surface area (Å²) in [6, 6.07) is 14.1. The van der Waals surface area contributed by atoms with Gasteiger partial charge < -0.3 is 14.9 Å². The molecule has 2 aromatic carbocycles. The molecule has 29 heavy (non-hydrogen) atoms. The monoisotopic (exact) mass is 411 g/mol. The van der Waals surface area contributed by atoms with Gasteiger partial charge in [0.25, 0.3) is 0 Å². The van der Waals surface area contributed by atoms with Crippen molar-refractivity contribution >= 4 is 23.3 Å². The maximum atomic E-state index is 12.2. The molecule has 0 saturated carbocycles. The van der Waals surface area contributed by atoms with E-state index in [1.54, 1.807) is 49.0 Å². The van der Waals surface area contributed by atoms with Gasteiger partial charge in [-0.3, -0.25) is 0 Å². The molecular formula is C22H21NO5S.